The minimum Gasteiger partial charge on any atom is -0.352 e. The lowest BCUT2D eigenvalue weighted by Gasteiger charge is -2.37. The molecule has 1 aliphatic carbocycles. The fraction of sp³-hybridized carbons (Fsp3) is 0.579. The zero-order chi connectivity index (χ0) is 15.4. The Kier molecular flexibility index (Phi) is 5.56. The molecule has 3 heteroatoms. The zero-order valence-electron chi connectivity index (χ0n) is 13.2. The Morgan fingerprint density at radius 2 is 1.64 bits per heavy atom. The number of benzene rings is 1. The van der Waals surface area contributed by atoms with Gasteiger partial charge in [-0.1, -0.05) is 35.9 Å². The van der Waals surface area contributed by atoms with E-state index < -0.39 is 0 Å². The third-order valence-corrected chi connectivity index (χ3v) is 5.16. The molecule has 1 saturated heterocycles. The van der Waals surface area contributed by atoms with Crippen LogP contribution in [0.25, 0.3) is 0 Å². The predicted octanol–water partition coefficient (Wildman–Crippen LogP) is 5.18. The largest absolute Gasteiger partial charge is 0.352 e. The van der Waals surface area contributed by atoms with Crippen molar-refractivity contribution in [3.05, 3.63) is 47.0 Å². The van der Waals surface area contributed by atoms with Gasteiger partial charge in [-0.15, -0.1) is 0 Å². The van der Waals surface area contributed by atoms with E-state index >= 15 is 0 Å². The Morgan fingerprint density at radius 3 is 2.23 bits per heavy atom. The van der Waals surface area contributed by atoms with Gasteiger partial charge in [0.05, 0.1) is 13.2 Å². The third kappa shape index (κ3) is 3.92. The molecule has 1 aliphatic heterocycles. The van der Waals surface area contributed by atoms with Gasteiger partial charge in [0.2, 0.25) is 0 Å². The van der Waals surface area contributed by atoms with Crippen LogP contribution in [0.5, 0.6) is 0 Å². The van der Waals surface area contributed by atoms with Gasteiger partial charge < -0.3 is 9.47 Å². The monoisotopic (exact) mass is 320 g/mol. The molecule has 0 aromatic heterocycles. The smallest absolute Gasteiger partial charge is 0.160 e. The van der Waals surface area contributed by atoms with E-state index in [-0.39, 0.29) is 6.29 Å². The maximum atomic E-state index is 5.97. The van der Waals surface area contributed by atoms with Gasteiger partial charge >= 0.3 is 0 Å². The van der Waals surface area contributed by atoms with Crippen LogP contribution in [0, 0.1) is 11.8 Å². The molecule has 0 bridgehead atoms. The minimum atomic E-state index is 0.00711. The summed E-state index contributed by atoms with van der Waals surface area (Å²) in [6, 6.07) is 8.33. The fourth-order valence-corrected chi connectivity index (χ4v) is 3.77. The van der Waals surface area contributed by atoms with Crippen molar-refractivity contribution in [3.8, 4) is 0 Å². The van der Waals surface area contributed by atoms with E-state index in [2.05, 4.69) is 24.3 Å². The summed E-state index contributed by atoms with van der Waals surface area (Å²) in [5.41, 5.74) is 1.42. The van der Waals surface area contributed by atoms with Crippen LogP contribution in [0.4, 0.5) is 0 Å². The highest BCUT2D eigenvalue weighted by Crippen LogP contribution is 2.39. The molecular formula is C19H25ClO2. The maximum Gasteiger partial charge on any atom is 0.160 e. The number of hydrogen-bond donors (Lipinski definition) is 0. The van der Waals surface area contributed by atoms with Gasteiger partial charge in [0.25, 0.3) is 0 Å². The van der Waals surface area contributed by atoms with E-state index in [1.54, 1.807) is 0 Å². The summed E-state index contributed by atoms with van der Waals surface area (Å²) in [4.78, 5) is 0. The van der Waals surface area contributed by atoms with Crippen LogP contribution < -0.4 is 0 Å². The van der Waals surface area contributed by atoms with E-state index in [4.69, 9.17) is 21.1 Å². The Balaban J connectivity index is 1.49. The average Bonchev–Trinajstić information content (AvgIpc) is 2.57. The first-order valence-corrected chi connectivity index (χ1v) is 8.75. The first-order chi connectivity index (χ1) is 10.8. The van der Waals surface area contributed by atoms with E-state index in [9.17, 15) is 0 Å². The normalized spacial score (nSPS) is 33.2. The van der Waals surface area contributed by atoms with Crippen molar-refractivity contribution in [3.63, 3.8) is 0 Å². The average molecular weight is 321 g/mol. The topological polar surface area (TPSA) is 18.5 Å². The van der Waals surface area contributed by atoms with Crippen molar-refractivity contribution < 1.29 is 9.47 Å². The Morgan fingerprint density at radius 1 is 1.00 bits per heavy atom. The van der Waals surface area contributed by atoms with Crippen LogP contribution in [0.3, 0.4) is 0 Å². The van der Waals surface area contributed by atoms with Gasteiger partial charge in [-0.2, -0.15) is 0 Å². The van der Waals surface area contributed by atoms with Gasteiger partial charge in [0.1, 0.15) is 0 Å². The van der Waals surface area contributed by atoms with E-state index in [0.29, 0.717) is 17.8 Å². The van der Waals surface area contributed by atoms with Gasteiger partial charge in [-0.3, -0.25) is 0 Å². The van der Waals surface area contributed by atoms with Gasteiger partial charge in [-0.05, 0) is 56.2 Å². The molecule has 0 spiro atoms. The SMILES string of the molecule is C/C=C/[C@H]1CO[C@H]([C@H]2CC[C@H](c3ccc(Cl)cc3)CC2)OC1. The Labute approximate surface area is 138 Å². The molecule has 0 amide bonds. The predicted molar refractivity (Wildman–Crippen MR) is 90.1 cm³/mol. The van der Waals surface area contributed by atoms with Crippen LogP contribution in [-0.4, -0.2) is 19.5 Å². The van der Waals surface area contributed by atoms with Crippen LogP contribution in [0.2, 0.25) is 5.02 Å². The number of allylic oxidation sites excluding steroid dienone is 1. The molecule has 0 radical (unpaired) electrons. The summed E-state index contributed by atoms with van der Waals surface area (Å²) in [5, 5.41) is 0.817. The third-order valence-electron chi connectivity index (χ3n) is 4.91. The Bertz CT molecular complexity index is 481. The van der Waals surface area contributed by atoms with Crippen LogP contribution in [0.1, 0.15) is 44.1 Å². The lowest BCUT2D eigenvalue weighted by Crippen LogP contribution is -2.37. The molecule has 2 nitrogen and oxygen atoms in total. The molecule has 2 aliphatic rings. The fourth-order valence-electron chi connectivity index (χ4n) is 3.65. The number of rotatable bonds is 3. The van der Waals surface area contributed by atoms with Crippen molar-refractivity contribution in [1.82, 2.24) is 0 Å². The van der Waals surface area contributed by atoms with Crippen LogP contribution in [0.15, 0.2) is 36.4 Å². The molecule has 1 aromatic rings. The first kappa shape index (κ1) is 16.0. The van der Waals surface area contributed by atoms with Gasteiger partial charge in [-0.25, -0.2) is 0 Å². The standard InChI is InChI=1S/C19H25ClO2/c1-2-3-14-12-21-19(22-13-14)17-6-4-15(5-7-17)16-8-10-18(20)11-9-16/h2-3,8-11,14-15,17,19H,4-7,12-13H2,1H3/b3-2+/t14-,15-,17-,19-. The zero-order valence-corrected chi connectivity index (χ0v) is 14.0. The highest BCUT2D eigenvalue weighted by atomic mass is 35.5. The maximum absolute atomic E-state index is 5.97. The second kappa shape index (κ2) is 7.63. The van der Waals surface area contributed by atoms with Crippen molar-refractivity contribution in [2.75, 3.05) is 13.2 Å². The van der Waals surface area contributed by atoms with Gasteiger partial charge in [0, 0.05) is 16.9 Å². The molecule has 3 rings (SSSR count). The van der Waals surface area contributed by atoms with Crippen molar-refractivity contribution in [2.45, 2.75) is 44.8 Å². The van der Waals surface area contributed by atoms with E-state index in [1.165, 1.54) is 31.2 Å². The summed E-state index contributed by atoms with van der Waals surface area (Å²) in [6.45, 7) is 3.64. The highest BCUT2D eigenvalue weighted by Gasteiger charge is 2.32. The molecule has 22 heavy (non-hydrogen) atoms. The van der Waals surface area contributed by atoms with E-state index in [0.717, 1.165) is 18.2 Å². The summed E-state index contributed by atoms with van der Waals surface area (Å²) < 4.78 is 11.9. The summed E-state index contributed by atoms with van der Waals surface area (Å²) in [6.07, 6.45) is 9.07. The van der Waals surface area contributed by atoms with Crippen molar-refractivity contribution in [1.29, 1.82) is 0 Å². The molecule has 2 fully saturated rings. The molecular weight excluding hydrogens is 296 g/mol. The van der Waals surface area contributed by atoms with Crippen LogP contribution >= 0.6 is 11.6 Å². The molecule has 0 atom stereocenters. The van der Waals surface area contributed by atoms with Crippen molar-refractivity contribution >= 4 is 11.6 Å². The quantitative estimate of drug-likeness (QED) is 0.714. The lowest BCUT2D eigenvalue weighted by atomic mass is 9.78. The number of ether oxygens (including phenoxy) is 2. The molecule has 1 heterocycles. The molecule has 0 unspecified atom stereocenters. The van der Waals surface area contributed by atoms with Crippen LogP contribution in [-0.2, 0) is 9.47 Å². The molecule has 1 saturated carbocycles. The lowest BCUT2D eigenvalue weighted by molar-refractivity contribution is -0.222. The van der Waals surface area contributed by atoms with Gasteiger partial charge in [0.15, 0.2) is 6.29 Å². The molecule has 1 aromatic carbocycles. The number of hydrogen-bond acceptors (Lipinski definition) is 2. The van der Waals surface area contributed by atoms with E-state index in [1.807, 2.05) is 19.1 Å². The second-order valence-corrected chi connectivity index (χ2v) is 6.92. The highest BCUT2D eigenvalue weighted by molar-refractivity contribution is 6.30. The summed E-state index contributed by atoms with van der Waals surface area (Å²) >= 11 is 5.97. The minimum absolute atomic E-state index is 0.00711. The first-order valence-electron chi connectivity index (χ1n) is 8.37. The summed E-state index contributed by atoms with van der Waals surface area (Å²) in [5.74, 6) is 1.63. The van der Waals surface area contributed by atoms with Crippen molar-refractivity contribution in [2.24, 2.45) is 11.8 Å². The number of halogens is 1. The molecule has 0 N–H and O–H groups in total. The summed E-state index contributed by atoms with van der Waals surface area (Å²) in [7, 11) is 0. The Hall–Kier alpha value is -0.830. The second-order valence-electron chi connectivity index (χ2n) is 6.48. The molecule has 120 valence electrons.